The highest BCUT2D eigenvalue weighted by atomic mass is 16.5. The van der Waals surface area contributed by atoms with Crippen LogP contribution in [0.3, 0.4) is 0 Å². The number of amides is 1. The maximum atomic E-state index is 11.4. The molecule has 0 spiro atoms. The summed E-state index contributed by atoms with van der Waals surface area (Å²) in [4.78, 5) is 13.1. The zero-order valence-corrected chi connectivity index (χ0v) is 9.32. The molecule has 1 atom stereocenters. The van der Waals surface area contributed by atoms with E-state index in [1.807, 2.05) is 0 Å². The molecule has 84 valence electrons. The zero-order chi connectivity index (χ0) is 11.0. The lowest BCUT2D eigenvalue weighted by Crippen LogP contribution is -2.28. The Morgan fingerprint density at radius 3 is 2.71 bits per heavy atom. The van der Waals surface area contributed by atoms with Gasteiger partial charge in [0.25, 0.3) is 0 Å². The van der Waals surface area contributed by atoms with Gasteiger partial charge >= 0.3 is 0 Å². The summed E-state index contributed by atoms with van der Waals surface area (Å²) in [7, 11) is 3.43. The van der Waals surface area contributed by atoms with Crippen molar-refractivity contribution >= 4 is 5.91 Å². The number of nitrogens with zero attached hydrogens (tertiary/aromatic N) is 1. The number of carbonyl (C=O) groups is 1. The van der Waals surface area contributed by atoms with Gasteiger partial charge in [-0.25, -0.2) is 0 Å². The van der Waals surface area contributed by atoms with Gasteiger partial charge in [0.15, 0.2) is 0 Å². The average Bonchev–Trinajstić information content (AvgIpc) is 2.14. The largest absolute Gasteiger partial charge is 0.393 e. The maximum Gasteiger partial charge on any atom is 0.222 e. The average molecular weight is 203 g/mol. The Morgan fingerprint density at radius 2 is 2.21 bits per heavy atom. The fraction of sp³-hybridized carbons (Fsp3) is 0.900. The summed E-state index contributed by atoms with van der Waals surface area (Å²) in [5, 5.41) is 9.01. The van der Waals surface area contributed by atoms with Crippen LogP contribution in [0.25, 0.3) is 0 Å². The minimum Gasteiger partial charge on any atom is -0.393 e. The number of carbonyl (C=O) groups excluding carboxylic acids is 1. The van der Waals surface area contributed by atoms with E-state index in [9.17, 15) is 4.79 Å². The van der Waals surface area contributed by atoms with Gasteiger partial charge in [0.1, 0.15) is 0 Å². The standard InChI is InChI=1S/C10H21NO3/c1-9(12)5-6-10(13)11(2)7-4-8-14-3/h9,12H,4-8H2,1-3H3. The number of hydrogen-bond acceptors (Lipinski definition) is 3. The molecule has 0 aromatic heterocycles. The zero-order valence-electron chi connectivity index (χ0n) is 9.32. The molecule has 0 rings (SSSR count). The van der Waals surface area contributed by atoms with Crippen LogP contribution in [0, 0.1) is 0 Å². The first-order chi connectivity index (χ1) is 6.57. The molecule has 4 heteroatoms. The Morgan fingerprint density at radius 1 is 1.57 bits per heavy atom. The Kier molecular flexibility index (Phi) is 7.42. The molecule has 1 unspecified atom stereocenters. The summed E-state index contributed by atoms with van der Waals surface area (Å²) < 4.78 is 4.89. The van der Waals surface area contributed by atoms with E-state index in [0.717, 1.165) is 6.42 Å². The molecule has 0 aromatic carbocycles. The fourth-order valence-electron chi connectivity index (χ4n) is 1.09. The highest BCUT2D eigenvalue weighted by molar-refractivity contribution is 5.75. The van der Waals surface area contributed by atoms with Crippen LogP contribution in [0.4, 0.5) is 0 Å². The van der Waals surface area contributed by atoms with Crippen molar-refractivity contribution in [3.05, 3.63) is 0 Å². The van der Waals surface area contributed by atoms with Crippen LogP contribution in [0.2, 0.25) is 0 Å². The van der Waals surface area contributed by atoms with Gasteiger partial charge in [-0.3, -0.25) is 4.79 Å². The van der Waals surface area contributed by atoms with Gasteiger partial charge in [0.2, 0.25) is 5.91 Å². The van der Waals surface area contributed by atoms with Crippen molar-refractivity contribution in [3.8, 4) is 0 Å². The lowest BCUT2D eigenvalue weighted by Gasteiger charge is -2.17. The van der Waals surface area contributed by atoms with E-state index in [1.54, 1.807) is 26.0 Å². The second kappa shape index (κ2) is 7.76. The normalized spacial score (nSPS) is 12.6. The van der Waals surface area contributed by atoms with Crippen molar-refractivity contribution in [3.63, 3.8) is 0 Å². The quantitative estimate of drug-likeness (QED) is 0.618. The molecule has 0 aliphatic carbocycles. The first kappa shape index (κ1) is 13.4. The van der Waals surface area contributed by atoms with Crippen molar-refractivity contribution in [2.24, 2.45) is 0 Å². The SMILES string of the molecule is COCCCN(C)C(=O)CCC(C)O. The van der Waals surface area contributed by atoms with E-state index in [0.29, 0.717) is 26.0 Å². The summed E-state index contributed by atoms with van der Waals surface area (Å²) >= 11 is 0. The van der Waals surface area contributed by atoms with E-state index in [4.69, 9.17) is 9.84 Å². The molecule has 0 aliphatic heterocycles. The van der Waals surface area contributed by atoms with Crippen LogP contribution in [-0.2, 0) is 9.53 Å². The molecule has 4 nitrogen and oxygen atoms in total. The van der Waals surface area contributed by atoms with E-state index < -0.39 is 6.10 Å². The van der Waals surface area contributed by atoms with Gasteiger partial charge in [-0.15, -0.1) is 0 Å². The number of aliphatic hydroxyl groups is 1. The lowest BCUT2D eigenvalue weighted by atomic mass is 10.2. The Labute approximate surface area is 85.9 Å². The summed E-state index contributed by atoms with van der Waals surface area (Å²) in [5.41, 5.74) is 0. The molecule has 0 heterocycles. The maximum absolute atomic E-state index is 11.4. The van der Waals surface area contributed by atoms with Crippen LogP contribution < -0.4 is 0 Å². The molecule has 0 saturated carbocycles. The number of aliphatic hydroxyl groups excluding tert-OH is 1. The van der Waals surface area contributed by atoms with Crippen molar-refractivity contribution in [1.29, 1.82) is 0 Å². The van der Waals surface area contributed by atoms with Crippen molar-refractivity contribution in [1.82, 2.24) is 4.90 Å². The smallest absolute Gasteiger partial charge is 0.222 e. The molecule has 0 fully saturated rings. The van der Waals surface area contributed by atoms with Crippen molar-refractivity contribution in [2.45, 2.75) is 32.3 Å². The predicted molar refractivity (Wildman–Crippen MR) is 55.0 cm³/mol. The Balaban J connectivity index is 3.54. The first-order valence-corrected chi connectivity index (χ1v) is 4.99. The van der Waals surface area contributed by atoms with E-state index in [-0.39, 0.29) is 5.91 Å². The molecule has 1 N–H and O–H groups in total. The van der Waals surface area contributed by atoms with E-state index in [2.05, 4.69) is 0 Å². The highest BCUT2D eigenvalue weighted by Crippen LogP contribution is 2.00. The van der Waals surface area contributed by atoms with Crippen molar-refractivity contribution in [2.75, 3.05) is 27.3 Å². The lowest BCUT2D eigenvalue weighted by molar-refractivity contribution is -0.130. The van der Waals surface area contributed by atoms with Gasteiger partial charge < -0.3 is 14.7 Å². The van der Waals surface area contributed by atoms with Crippen LogP contribution in [0.1, 0.15) is 26.2 Å². The number of ether oxygens (including phenoxy) is 1. The highest BCUT2D eigenvalue weighted by Gasteiger charge is 2.08. The Bertz CT molecular complexity index is 159. The van der Waals surface area contributed by atoms with Gasteiger partial charge in [-0.1, -0.05) is 0 Å². The van der Waals surface area contributed by atoms with Crippen LogP contribution in [0.15, 0.2) is 0 Å². The monoisotopic (exact) mass is 203 g/mol. The third-order valence-corrected chi connectivity index (χ3v) is 2.04. The third-order valence-electron chi connectivity index (χ3n) is 2.04. The van der Waals surface area contributed by atoms with Crippen LogP contribution in [-0.4, -0.2) is 49.3 Å². The minimum absolute atomic E-state index is 0.0852. The third kappa shape index (κ3) is 6.86. The molecule has 1 amide bonds. The van der Waals surface area contributed by atoms with E-state index >= 15 is 0 Å². The second-order valence-corrected chi connectivity index (χ2v) is 3.55. The second-order valence-electron chi connectivity index (χ2n) is 3.55. The summed E-state index contributed by atoms with van der Waals surface area (Å²) in [5.74, 6) is 0.0852. The number of rotatable bonds is 7. The van der Waals surface area contributed by atoms with Gasteiger partial charge in [0.05, 0.1) is 6.10 Å². The number of methoxy groups -OCH3 is 1. The molecule has 0 radical (unpaired) electrons. The Hall–Kier alpha value is -0.610. The molecule has 14 heavy (non-hydrogen) atoms. The van der Waals surface area contributed by atoms with Crippen LogP contribution >= 0.6 is 0 Å². The fourth-order valence-corrected chi connectivity index (χ4v) is 1.09. The topological polar surface area (TPSA) is 49.8 Å². The predicted octanol–water partition coefficient (Wildman–Crippen LogP) is 0.642. The van der Waals surface area contributed by atoms with Gasteiger partial charge in [-0.05, 0) is 19.8 Å². The molecular formula is C10H21NO3. The van der Waals surface area contributed by atoms with Gasteiger partial charge in [-0.2, -0.15) is 0 Å². The molecule has 0 bridgehead atoms. The van der Waals surface area contributed by atoms with Crippen molar-refractivity contribution < 1.29 is 14.6 Å². The van der Waals surface area contributed by atoms with E-state index in [1.165, 1.54) is 0 Å². The summed E-state index contributed by atoms with van der Waals surface area (Å²) in [6.45, 7) is 3.08. The minimum atomic E-state index is -0.397. The van der Waals surface area contributed by atoms with Crippen LogP contribution in [0.5, 0.6) is 0 Å². The molecular weight excluding hydrogens is 182 g/mol. The molecule has 0 saturated heterocycles. The van der Waals surface area contributed by atoms with Gasteiger partial charge in [0, 0.05) is 33.7 Å². The summed E-state index contributed by atoms with van der Waals surface area (Å²) in [6, 6.07) is 0. The molecule has 0 aliphatic rings. The number of hydrogen-bond donors (Lipinski definition) is 1. The first-order valence-electron chi connectivity index (χ1n) is 4.99. The summed E-state index contributed by atoms with van der Waals surface area (Å²) in [6.07, 6.45) is 1.41. The molecule has 0 aromatic rings.